The van der Waals surface area contributed by atoms with E-state index >= 15 is 0 Å². The van der Waals surface area contributed by atoms with E-state index in [1.807, 2.05) is 60.5 Å². The molecule has 0 N–H and O–H groups in total. The average Bonchev–Trinajstić information content (AvgIpc) is 3.47. The van der Waals surface area contributed by atoms with Crippen LogP contribution in [0.4, 0.5) is 0 Å². The monoisotopic (exact) mass is 471 g/mol. The number of hydrogen-bond acceptors (Lipinski definition) is 4. The summed E-state index contributed by atoms with van der Waals surface area (Å²) in [4.78, 5) is 31.3. The summed E-state index contributed by atoms with van der Waals surface area (Å²) in [6.07, 6.45) is 0. The normalized spacial score (nSPS) is 20.6. The number of benzene rings is 4. The van der Waals surface area contributed by atoms with Crippen LogP contribution in [0.5, 0.6) is 5.75 Å². The van der Waals surface area contributed by atoms with Gasteiger partial charge in [-0.2, -0.15) is 0 Å². The summed E-state index contributed by atoms with van der Waals surface area (Å²) < 4.78 is 5.43. The maximum Gasteiger partial charge on any atom is 0.193 e. The molecular weight excluding hydrogens is 446 g/mol. The van der Waals surface area contributed by atoms with Crippen molar-refractivity contribution < 1.29 is 14.3 Å². The maximum atomic E-state index is 14.6. The first-order valence-electron chi connectivity index (χ1n) is 12.3. The molecule has 1 aliphatic heterocycles. The Hall–Kier alpha value is -4.02. The minimum atomic E-state index is -1.37. The number of nitrogens with zero attached hydrogens (tertiary/aromatic N) is 1. The van der Waals surface area contributed by atoms with E-state index < -0.39 is 11.0 Å². The summed E-state index contributed by atoms with van der Waals surface area (Å²) >= 11 is 0. The minimum absolute atomic E-state index is 0.104. The zero-order chi connectivity index (χ0) is 24.7. The van der Waals surface area contributed by atoms with Crippen molar-refractivity contribution in [2.24, 2.45) is 0 Å². The molecule has 1 fully saturated rings. The van der Waals surface area contributed by atoms with E-state index in [-0.39, 0.29) is 17.5 Å². The highest BCUT2D eigenvalue weighted by Gasteiger charge is 2.76. The van der Waals surface area contributed by atoms with Crippen LogP contribution < -0.4 is 4.74 Å². The van der Waals surface area contributed by atoms with Gasteiger partial charge in [0, 0.05) is 23.6 Å². The Bertz CT molecular complexity index is 1490. The Morgan fingerprint density at radius 1 is 0.694 bits per heavy atom. The molecule has 7 rings (SSSR count). The van der Waals surface area contributed by atoms with Crippen LogP contribution in [-0.2, 0) is 5.41 Å². The number of ketones is 2. The van der Waals surface area contributed by atoms with Crippen LogP contribution in [0.1, 0.15) is 43.3 Å². The third-order valence-corrected chi connectivity index (χ3v) is 8.71. The van der Waals surface area contributed by atoms with E-state index in [0.717, 1.165) is 33.6 Å². The van der Waals surface area contributed by atoms with Gasteiger partial charge in [0.15, 0.2) is 17.1 Å². The van der Waals surface area contributed by atoms with Gasteiger partial charge in [-0.05, 0) is 47.0 Å². The number of ether oxygens (including phenoxy) is 1. The van der Waals surface area contributed by atoms with Crippen LogP contribution in [0, 0.1) is 0 Å². The first kappa shape index (κ1) is 21.3. The summed E-state index contributed by atoms with van der Waals surface area (Å²) in [6.45, 7) is 0.570. The highest BCUT2D eigenvalue weighted by Crippen LogP contribution is 2.67. The number of carbonyl (C=O) groups is 2. The van der Waals surface area contributed by atoms with Gasteiger partial charge in [-0.3, -0.25) is 14.5 Å². The van der Waals surface area contributed by atoms with Crippen molar-refractivity contribution in [1.29, 1.82) is 0 Å². The number of rotatable bonds is 2. The van der Waals surface area contributed by atoms with E-state index in [1.165, 1.54) is 0 Å². The predicted octanol–water partition coefficient (Wildman–Crippen LogP) is 5.51. The molecule has 3 aliphatic rings. The number of likely N-dealkylation sites (tertiary alicyclic amines) is 1. The Morgan fingerprint density at radius 3 is 1.67 bits per heavy atom. The summed E-state index contributed by atoms with van der Waals surface area (Å²) in [5, 5.41) is 0. The van der Waals surface area contributed by atoms with Gasteiger partial charge in [0.2, 0.25) is 0 Å². The molecule has 2 spiro atoms. The molecule has 4 aromatic carbocycles. The lowest BCUT2D eigenvalue weighted by Gasteiger charge is -2.45. The molecule has 0 saturated carbocycles. The van der Waals surface area contributed by atoms with Crippen LogP contribution in [0.3, 0.4) is 0 Å². The standard InChI is InChI=1S/C32H25NO3/c1-33-19-28(20-15-17-21(36-2)18-16-20)31(32(33)29(34)24-11-3-4-12-25(24)30(32)35)26-13-7-5-9-22(26)23-10-6-8-14-27(23)31/h3-18,28H,19H2,1-2H3/t28-/m0/s1. The number of fused-ring (bicyclic) bond motifs is 7. The van der Waals surface area contributed by atoms with Crippen LogP contribution in [-0.4, -0.2) is 42.7 Å². The molecule has 0 aromatic heterocycles. The smallest absolute Gasteiger partial charge is 0.193 e. The van der Waals surface area contributed by atoms with Gasteiger partial charge in [-0.25, -0.2) is 0 Å². The van der Waals surface area contributed by atoms with Gasteiger partial charge in [0.1, 0.15) is 5.75 Å². The van der Waals surface area contributed by atoms with Gasteiger partial charge in [0.05, 0.1) is 12.5 Å². The fourth-order valence-electron chi connectivity index (χ4n) is 7.40. The van der Waals surface area contributed by atoms with Crippen molar-refractivity contribution in [2.45, 2.75) is 16.9 Å². The first-order valence-corrected chi connectivity index (χ1v) is 12.3. The SMILES string of the molecule is COc1ccc([C@@H]2CN(C)C3(C(=O)c4ccccc4C3=O)C23c2ccccc2-c2ccccc23)cc1. The van der Waals surface area contributed by atoms with Crippen molar-refractivity contribution in [3.63, 3.8) is 0 Å². The molecule has 1 heterocycles. The van der Waals surface area contributed by atoms with E-state index in [0.29, 0.717) is 17.7 Å². The molecule has 1 saturated heterocycles. The van der Waals surface area contributed by atoms with Crippen LogP contribution in [0.15, 0.2) is 97.1 Å². The molecule has 2 aliphatic carbocycles. The molecule has 0 unspecified atom stereocenters. The zero-order valence-electron chi connectivity index (χ0n) is 20.2. The summed E-state index contributed by atoms with van der Waals surface area (Å²) in [6, 6.07) is 32.0. The highest BCUT2D eigenvalue weighted by molar-refractivity contribution is 6.35. The zero-order valence-corrected chi connectivity index (χ0v) is 20.2. The number of methoxy groups -OCH3 is 1. The van der Waals surface area contributed by atoms with E-state index in [1.54, 1.807) is 19.2 Å². The topological polar surface area (TPSA) is 46.6 Å². The van der Waals surface area contributed by atoms with E-state index in [9.17, 15) is 9.59 Å². The number of carbonyl (C=O) groups excluding carboxylic acids is 2. The van der Waals surface area contributed by atoms with Crippen LogP contribution in [0.2, 0.25) is 0 Å². The second kappa shape index (κ2) is 7.25. The van der Waals surface area contributed by atoms with Crippen molar-refractivity contribution in [3.8, 4) is 16.9 Å². The molecule has 0 amide bonds. The molecule has 4 nitrogen and oxygen atoms in total. The molecule has 36 heavy (non-hydrogen) atoms. The maximum absolute atomic E-state index is 14.6. The lowest BCUT2D eigenvalue weighted by atomic mass is 9.56. The number of Topliss-reactive ketones (excluding diaryl/α,β-unsaturated/α-hetero) is 2. The highest BCUT2D eigenvalue weighted by atomic mass is 16.5. The molecule has 0 radical (unpaired) electrons. The summed E-state index contributed by atoms with van der Waals surface area (Å²) in [5.41, 5.74) is 4.16. The molecular formula is C32H25NO3. The van der Waals surface area contributed by atoms with Crippen LogP contribution in [0.25, 0.3) is 11.1 Å². The molecule has 0 bridgehead atoms. The number of hydrogen-bond donors (Lipinski definition) is 0. The third-order valence-electron chi connectivity index (χ3n) is 8.71. The Balaban J connectivity index is 1.62. The Labute approximate surface area is 210 Å². The number of likely N-dealkylation sites (N-methyl/N-ethyl adjacent to an activating group) is 1. The van der Waals surface area contributed by atoms with Gasteiger partial charge in [-0.15, -0.1) is 0 Å². The van der Waals surface area contributed by atoms with Crippen LogP contribution >= 0.6 is 0 Å². The Kier molecular flexibility index (Phi) is 4.28. The van der Waals surface area contributed by atoms with Crippen molar-refractivity contribution >= 4 is 11.6 Å². The lowest BCUT2D eigenvalue weighted by Crippen LogP contribution is -2.63. The van der Waals surface area contributed by atoms with Gasteiger partial charge in [0.25, 0.3) is 0 Å². The van der Waals surface area contributed by atoms with Crippen molar-refractivity contribution in [3.05, 3.63) is 125 Å². The minimum Gasteiger partial charge on any atom is -0.497 e. The second-order valence-corrected chi connectivity index (χ2v) is 10.0. The molecule has 4 heteroatoms. The van der Waals surface area contributed by atoms with Gasteiger partial charge in [-0.1, -0.05) is 84.9 Å². The van der Waals surface area contributed by atoms with E-state index in [4.69, 9.17) is 4.74 Å². The molecule has 4 aromatic rings. The van der Waals surface area contributed by atoms with Crippen molar-refractivity contribution in [1.82, 2.24) is 4.90 Å². The lowest BCUT2D eigenvalue weighted by molar-refractivity contribution is 0.0549. The fraction of sp³-hybridized carbons (Fsp3) is 0.188. The molecule has 1 atom stereocenters. The van der Waals surface area contributed by atoms with Crippen molar-refractivity contribution in [2.75, 3.05) is 20.7 Å². The summed E-state index contributed by atoms with van der Waals surface area (Å²) in [7, 11) is 3.60. The largest absolute Gasteiger partial charge is 0.497 e. The predicted molar refractivity (Wildman–Crippen MR) is 139 cm³/mol. The third kappa shape index (κ3) is 2.24. The van der Waals surface area contributed by atoms with Gasteiger partial charge < -0.3 is 4.74 Å². The Morgan fingerprint density at radius 2 is 1.17 bits per heavy atom. The average molecular weight is 472 g/mol. The fourth-order valence-corrected chi connectivity index (χ4v) is 7.40. The molecule has 176 valence electrons. The van der Waals surface area contributed by atoms with E-state index in [2.05, 4.69) is 36.4 Å². The second-order valence-electron chi connectivity index (χ2n) is 10.0. The van der Waals surface area contributed by atoms with Gasteiger partial charge >= 0.3 is 0 Å². The summed E-state index contributed by atoms with van der Waals surface area (Å²) in [5.74, 6) is 0.447. The quantitative estimate of drug-likeness (QED) is 0.362. The first-order chi connectivity index (χ1) is 17.6.